The minimum Gasteiger partial charge on any atom is -0.481 e. The molecule has 3 N–H and O–H groups in total. The predicted octanol–water partition coefficient (Wildman–Crippen LogP) is 0.407. The van der Waals surface area contributed by atoms with Crippen molar-refractivity contribution in [3.8, 4) is 0 Å². The van der Waals surface area contributed by atoms with Crippen molar-refractivity contribution < 1.29 is 19.5 Å². The maximum atomic E-state index is 12.1. The molecule has 3 amide bonds. The van der Waals surface area contributed by atoms with Gasteiger partial charge >= 0.3 is 12.0 Å². The molecule has 0 aliphatic carbocycles. The number of rotatable bonds is 5. The SMILES string of the molecule is CCC(CC(=O)O)NC(=O)N1CCC(C)(C(=O)NC)C1. The molecule has 0 bridgehead atoms. The molecule has 1 rings (SSSR count). The van der Waals surface area contributed by atoms with Gasteiger partial charge in [0.1, 0.15) is 0 Å². The first kappa shape index (κ1) is 16.3. The van der Waals surface area contributed by atoms with Crippen LogP contribution in [0.15, 0.2) is 0 Å². The minimum absolute atomic E-state index is 0.0784. The Morgan fingerprint density at radius 2 is 2.05 bits per heavy atom. The largest absolute Gasteiger partial charge is 0.481 e. The van der Waals surface area contributed by atoms with Crippen LogP contribution in [-0.4, -0.2) is 54.1 Å². The Morgan fingerprint density at radius 3 is 2.55 bits per heavy atom. The van der Waals surface area contributed by atoms with Crippen LogP contribution in [0.5, 0.6) is 0 Å². The first-order chi connectivity index (χ1) is 9.32. The van der Waals surface area contributed by atoms with Gasteiger partial charge in [0, 0.05) is 26.2 Å². The standard InChI is InChI=1S/C13H23N3O4/c1-4-9(7-10(17)18)15-12(20)16-6-5-13(2,8-16)11(19)14-3/h9H,4-8H2,1-3H3,(H,14,19)(H,15,20)(H,17,18). The van der Waals surface area contributed by atoms with Crippen molar-refractivity contribution in [1.29, 1.82) is 0 Å². The Labute approximate surface area is 118 Å². The molecule has 0 aromatic carbocycles. The average Bonchev–Trinajstić information content (AvgIpc) is 2.80. The van der Waals surface area contributed by atoms with Gasteiger partial charge in [-0.3, -0.25) is 9.59 Å². The quantitative estimate of drug-likeness (QED) is 0.681. The van der Waals surface area contributed by atoms with Crippen LogP contribution in [0.4, 0.5) is 4.79 Å². The zero-order valence-corrected chi connectivity index (χ0v) is 12.2. The third kappa shape index (κ3) is 3.85. The van der Waals surface area contributed by atoms with Crippen molar-refractivity contribution in [3.05, 3.63) is 0 Å². The Bertz CT molecular complexity index is 399. The van der Waals surface area contributed by atoms with Crippen molar-refractivity contribution in [1.82, 2.24) is 15.5 Å². The van der Waals surface area contributed by atoms with Crippen LogP contribution in [0.2, 0.25) is 0 Å². The fourth-order valence-corrected chi connectivity index (χ4v) is 2.40. The number of hydrogen-bond donors (Lipinski definition) is 3. The Kier molecular flexibility index (Phi) is 5.35. The third-order valence-electron chi connectivity index (χ3n) is 3.78. The summed E-state index contributed by atoms with van der Waals surface area (Å²) in [6.07, 6.45) is 1.07. The molecule has 114 valence electrons. The number of nitrogens with zero attached hydrogens (tertiary/aromatic N) is 1. The summed E-state index contributed by atoms with van der Waals surface area (Å²) in [6.45, 7) is 4.50. The number of aliphatic carboxylic acids is 1. The Hall–Kier alpha value is -1.79. The molecule has 7 nitrogen and oxygen atoms in total. The van der Waals surface area contributed by atoms with Gasteiger partial charge in [-0.15, -0.1) is 0 Å². The van der Waals surface area contributed by atoms with Crippen molar-refractivity contribution in [2.24, 2.45) is 5.41 Å². The molecular weight excluding hydrogens is 262 g/mol. The lowest BCUT2D eigenvalue weighted by atomic mass is 9.89. The van der Waals surface area contributed by atoms with Gasteiger partial charge in [0.05, 0.1) is 11.8 Å². The smallest absolute Gasteiger partial charge is 0.317 e. The zero-order chi connectivity index (χ0) is 15.3. The van der Waals surface area contributed by atoms with Gasteiger partial charge in [-0.05, 0) is 19.8 Å². The van der Waals surface area contributed by atoms with Crippen LogP contribution in [-0.2, 0) is 9.59 Å². The van der Waals surface area contributed by atoms with Crippen molar-refractivity contribution >= 4 is 17.9 Å². The molecule has 0 radical (unpaired) electrons. The molecule has 7 heteroatoms. The van der Waals surface area contributed by atoms with E-state index < -0.39 is 11.4 Å². The average molecular weight is 285 g/mol. The van der Waals surface area contributed by atoms with Crippen molar-refractivity contribution in [2.75, 3.05) is 20.1 Å². The summed E-state index contributed by atoms with van der Waals surface area (Å²) < 4.78 is 0. The second-order valence-electron chi connectivity index (χ2n) is 5.46. The fraction of sp³-hybridized carbons (Fsp3) is 0.769. The zero-order valence-electron chi connectivity index (χ0n) is 12.2. The highest BCUT2D eigenvalue weighted by atomic mass is 16.4. The fourth-order valence-electron chi connectivity index (χ4n) is 2.40. The van der Waals surface area contributed by atoms with E-state index in [1.165, 1.54) is 0 Å². The van der Waals surface area contributed by atoms with Gasteiger partial charge in [0.2, 0.25) is 5.91 Å². The Morgan fingerprint density at radius 1 is 1.40 bits per heavy atom. The molecule has 20 heavy (non-hydrogen) atoms. The maximum Gasteiger partial charge on any atom is 0.317 e. The van der Waals surface area contributed by atoms with Gasteiger partial charge in [-0.25, -0.2) is 4.79 Å². The molecule has 0 spiro atoms. The van der Waals surface area contributed by atoms with E-state index in [-0.39, 0.29) is 24.4 Å². The van der Waals surface area contributed by atoms with Crippen LogP contribution in [0.3, 0.4) is 0 Å². The van der Waals surface area contributed by atoms with Gasteiger partial charge in [-0.1, -0.05) is 6.92 Å². The molecule has 1 saturated heterocycles. The number of carboxylic acids is 1. The van der Waals surface area contributed by atoms with E-state index in [2.05, 4.69) is 10.6 Å². The van der Waals surface area contributed by atoms with E-state index in [9.17, 15) is 14.4 Å². The van der Waals surface area contributed by atoms with E-state index in [0.717, 1.165) is 0 Å². The highest BCUT2D eigenvalue weighted by Gasteiger charge is 2.41. The Balaban J connectivity index is 2.57. The van der Waals surface area contributed by atoms with Gasteiger partial charge < -0.3 is 20.6 Å². The molecule has 2 atom stereocenters. The van der Waals surface area contributed by atoms with E-state index in [1.807, 2.05) is 13.8 Å². The highest BCUT2D eigenvalue weighted by molar-refractivity contribution is 5.84. The number of carbonyl (C=O) groups excluding carboxylic acids is 2. The summed E-state index contributed by atoms with van der Waals surface area (Å²) in [7, 11) is 1.58. The first-order valence-electron chi connectivity index (χ1n) is 6.81. The number of hydrogen-bond acceptors (Lipinski definition) is 3. The van der Waals surface area contributed by atoms with Crippen LogP contribution in [0.1, 0.15) is 33.1 Å². The van der Waals surface area contributed by atoms with E-state index in [1.54, 1.807) is 11.9 Å². The summed E-state index contributed by atoms with van der Waals surface area (Å²) in [5.74, 6) is -1.01. The number of carbonyl (C=O) groups is 3. The number of nitrogens with one attached hydrogen (secondary N) is 2. The van der Waals surface area contributed by atoms with Gasteiger partial charge in [0.15, 0.2) is 0 Å². The van der Waals surface area contributed by atoms with Gasteiger partial charge in [-0.2, -0.15) is 0 Å². The number of urea groups is 1. The number of likely N-dealkylation sites (tertiary alicyclic amines) is 1. The summed E-state index contributed by atoms with van der Waals surface area (Å²) in [4.78, 5) is 36.1. The van der Waals surface area contributed by atoms with E-state index in [0.29, 0.717) is 25.9 Å². The lowest BCUT2D eigenvalue weighted by Gasteiger charge is -2.24. The van der Waals surface area contributed by atoms with Crippen LogP contribution >= 0.6 is 0 Å². The van der Waals surface area contributed by atoms with Crippen LogP contribution in [0.25, 0.3) is 0 Å². The van der Waals surface area contributed by atoms with Crippen LogP contribution < -0.4 is 10.6 Å². The molecule has 0 aromatic heterocycles. The second-order valence-corrected chi connectivity index (χ2v) is 5.46. The molecule has 1 heterocycles. The minimum atomic E-state index is -0.936. The van der Waals surface area contributed by atoms with Crippen molar-refractivity contribution in [3.63, 3.8) is 0 Å². The molecular formula is C13H23N3O4. The summed E-state index contributed by atoms with van der Waals surface area (Å²) in [6, 6.07) is -0.683. The molecule has 1 aliphatic rings. The second kappa shape index (κ2) is 6.58. The monoisotopic (exact) mass is 285 g/mol. The molecule has 0 aromatic rings. The molecule has 1 fully saturated rings. The summed E-state index contributed by atoms with van der Waals surface area (Å²) in [5.41, 5.74) is -0.569. The molecule has 2 unspecified atom stereocenters. The predicted molar refractivity (Wildman–Crippen MR) is 73.2 cm³/mol. The normalized spacial score (nSPS) is 23.2. The maximum absolute atomic E-state index is 12.1. The summed E-state index contributed by atoms with van der Waals surface area (Å²) in [5, 5.41) is 14.1. The number of carboxylic acid groups (broad SMARTS) is 1. The lowest BCUT2D eigenvalue weighted by Crippen LogP contribution is -2.46. The molecule has 0 saturated carbocycles. The van der Waals surface area contributed by atoms with E-state index >= 15 is 0 Å². The van der Waals surface area contributed by atoms with E-state index in [4.69, 9.17) is 5.11 Å². The van der Waals surface area contributed by atoms with Crippen LogP contribution in [0, 0.1) is 5.41 Å². The van der Waals surface area contributed by atoms with Gasteiger partial charge in [0.25, 0.3) is 0 Å². The topological polar surface area (TPSA) is 98.7 Å². The first-order valence-corrected chi connectivity index (χ1v) is 6.81. The number of amides is 3. The van der Waals surface area contributed by atoms with Crippen molar-refractivity contribution in [2.45, 2.75) is 39.2 Å². The summed E-state index contributed by atoms with van der Waals surface area (Å²) >= 11 is 0. The molecule has 1 aliphatic heterocycles. The highest BCUT2D eigenvalue weighted by Crippen LogP contribution is 2.30. The lowest BCUT2D eigenvalue weighted by molar-refractivity contribution is -0.137. The third-order valence-corrected chi connectivity index (χ3v) is 3.78.